The van der Waals surface area contributed by atoms with Crippen LogP contribution in [-0.4, -0.2) is 14.9 Å². The van der Waals surface area contributed by atoms with Gasteiger partial charge in [-0.1, -0.05) is 47.6 Å². The van der Waals surface area contributed by atoms with E-state index in [1.165, 1.54) is 22.5 Å². The summed E-state index contributed by atoms with van der Waals surface area (Å²) < 4.78 is 6.72. The van der Waals surface area contributed by atoms with Gasteiger partial charge in [-0.15, -0.1) is 10.2 Å². The molecule has 6 nitrogen and oxygen atoms in total. The van der Waals surface area contributed by atoms with E-state index in [4.69, 9.17) is 21.9 Å². The van der Waals surface area contributed by atoms with Crippen LogP contribution in [-0.2, 0) is 5.75 Å². The predicted molar refractivity (Wildman–Crippen MR) is 107 cm³/mol. The Morgan fingerprint density at radius 2 is 2.04 bits per heavy atom. The number of rotatable bonds is 4. The summed E-state index contributed by atoms with van der Waals surface area (Å²) in [6.07, 6.45) is 0. The van der Waals surface area contributed by atoms with E-state index < -0.39 is 0 Å². The Kier molecular flexibility index (Phi) is 4.63. The highest BCUT2D eigenvalue weighted by Crippen LogP contribution is 2.28. The highest BCUT2D eigenvalue weighted by molar-refractivity contribution is 7.98. The first-order chi connectivity index (χ1) is 13.0. The molecular formula is C19H15ClN4O2S. The van der Waals surface area contributed by atoms with E-state index in [1.54, 1.807) is 12.1 Å². The fraction of sp³-hybridized carbons (Fsp3) is 0.105. The molecule has 27 heavy (non-hydrogen) atoms. The largest absolute Gasteiger partial charge is 0.423 e. The van der Waals surface area contributed by atoms with Gasteiger partial charge in [0.15, 0.2) is 5.82 Å². The number of thioether (sulfide) groups is 1. The van der Waals surface area contributed by atoms with Crippen molar-refractivity contribution in [2.24, 2.45) is 0 Å². The summed E-state index contributed by atoms with van der Waals surface area (Å²) in [5.74, 6) is 7.19. The van der Waals surface area contributed by atoms with Gasteiger partial charge in [0.25, 0.3) is 0 Å². The molecule has 4 rings (SSSR count). The van der Waals surface area contributed by atoms with Crippen LogP contribution in [0.15, 0.2) is 62.9 Å². The summed E-state index contributed by atoms with van der Waals surface area (Å²) in [5.41, 5.74) is 2.87. The molecule has 2 heterocycles. The minimum atomic E-state index is -0.377. The molecule has 2 aromatic heterocycles. The number of nitrogen functional groups attached to an aromatic ring is 1. The van der Waals surface area contributed by atoms with Crippen molar-refractivity contribution < 1.29 is 4.42 Å². The molecule has 0 spiro atoms. The van der Waals surface area contributed by atoms with Crippen molar-refractivity contribution in [2.45, 2.75) is 17.8 Å². The number of aromatic nitrogens is 3. The van der Waals surface area contributed by atoms with Crippen LogP contribution < -0.4 is 11.5 Å². The summed E-state index contributed by atoms with van der Waals surface area (Å²) >= 11 is 7.43. The summed E-state index contributed by atoms with van der Waals surface area (Å²) in [6.45, 7) is 1.95. The number of hydrogen-bond acceptors (Lipinski definition) is 6. The summed E-state index contributed by atoms with van der Waals surface area (Å²) in [7, 11) is 0. The maximum Gasteiger partial charge on any atom is 0.336 e. The van der Waals surface area contributed by atoms with Gasteiger partial charge in [0.1, 0.15) is 5.58 Å². The molecule has 0 aliphatic rings. The first kappa shape index (κ1) is 17.6. The van der Waals surface area contributed by atoms with Crippen molar-refractivity contribution in [3.63, 3.8) is 0 Å². The van der Waals surface area contributed by atoms with Crippen molar-refractivity contribution in [2.75, 3.05) is 5.84 Å². The number of benzene rings is 2. The number of fused-ring (bicyclic) bond motifs is 1. The molecular weight excluding hydrogens is 384 g/mol. The maximum absolute atomic E-state index is 11.9. The number of aryl methyl sites for hydroxylation is 1. The van der Waals surface area contributed by atoms with Gasteiger partial charge in [0.05, 0.1) is 0 Å². The Hall–Kier alpha value is -2.77. The fourth-order valence-corrected chi connectivity index (χ4v) is 3.84. The standard InChI is InChI=1S/C19H15ClN4O2S/c1-11-5-6-15-13(9-17(25)26-16(15)7-11)10-27-19-23-22-18(24(19)21)12-3-2-4-14(20)8-12/h2-9H,10,21H2,1H3. The zero-order valence-corrected chi connectivity index (χ0v) is 15.9. The summed E-state index contributed by atoms with van der Waals surface area (Å²) in [6, 6.07) is 14.6. The first-order valence-corrected chi connectivity index (χ1v) is 9.50. The molecule has 0 amide bonds. The third kappa shape index (κ3) is 3.56. The zero-order valence-electron chi connectivity index (χ0n) is 14.3. The fourth-order valence-electron chi connectivity index (χ4n) is 2.80. The van der Waals surface area contributed by atoms with E-state index in [1.807, 2.05) is 37.3 Å². The van der Waals surface area contributed by atoms with Gasteiger partial charge >= 0.3 is 5.63 Å². The van der Waals surface area contributed by atoms with Gasteiger partial charge in [0.2, 0.25) is 5.16 Å². The molecule has 0 aliphatic carbocycles. The molecule has 0 bridgehead atoms. The number of nitrogens with two attached hydrogens (primary N) is 1. The molecule has 0 radical (unpaired) electrons. The highest BCUT2D eigenvalue weighted by Gasteiger charge is 2.14. The maximum atomic E-state index is 11.9. The molecule has 0 saturated carbocycles. The van der Waals surface area contributed by atoms with Crippen LogP contribution in [0.2, 0.25) is 5.02 Å². The van der Waals surface area contributed by atoms with Crippen LogP contribution in [0.3, 0.4) is 0 Å². The van der Waals surface area contributed by atoms with Crippen LogP contribution in [0.25, 0.3) is 22.4 Å². The Labute approximate surface area is 163 Å². The van der Waals surface area contributed by atoms with Gasteiger partial charge in [0, 0.05) is 27.8 Å². The van der Waals surface area contributed by atoms with Crippen molar-refractivity contribution in [3.05, 3.63) is 75.1 Å². The molecule has 4 aromatic rings. The van der Waals surface area contributed by atoms with Gasteiger partial charge in [-0.25, -0.2) is 9.47 Å². The third-order valence-electron chi connectivity index (χ3n) is 4.09. The monoisotopic (exact) mass is 398 g/mol. The molecule has 0 saturated heterocycles. The molecule has 2 N–H and O–H groups in total. The molecule has 0 fully saturated rings. The topological polar surface area (TPSA) is 86.9 Å². The average Bonchev–Trinajstić information content (AvgIpc) is 2.99. The summed E-state index contributed by atoms with van der Waals surface area (Å²) in [5, 5.41) is 10.4. The van der Waals surface area contributed by atoms with Crippen LogP contribution in [0.5, 0.6) is 0 Å². The molecule has 136 valence electrons. The number of halogens is 1. The van der Waals surface area contributed by atoms with Crippen molar-refractivity contribution >= 4 is 34.3 Å². The van der Waals surface area contributed by atoms with E-state index in [2.05, 4.69) is 10.2 Å². The van der Waals surface area contributed by atoms with Gasteiger partial charge in [-0.2, -0.15) is 0 Å². The van der Waals surface area contributed by atoms with Crippen LogP contribution in [0, 0.1) is 6.92 Å². The second-order valence-corrected chi connectivity index (χ2v) is 7.44. The second-order valence-electron chi connectivity index (χ2n) is 6.07. The smallest absolute Gasteiger partial charge is 0.336 e. The van der Waals surface area contributed by atoms with Crippen molar-refractivity contribution in [3.8, 4) is 11.4 Å². The van der Waals surface area contributed by atoms with Gasteiger partial charge in [-0.05, 0) is 36.2 Å². The predicted octanol–water partition coefficient (Wildman–Crippen LogP) is 4.02. The van der Waals surface area contributed by atoms with E-state index in [9.17, 15) is 4.79 Å². The Bertz CT molecular complexity index is 1200. The Balaban J connectivity index is 1.63. The molecule has 0 aliphatic heterocycles. The van der Waals surface area contributed by atoms with Crippen molar-refractivity contribution in [1.82, 2.24) is 14.9 Å². The molecule has 2 aromatic carbocycles. The van der Waals surface area contributed by atoms with E-state index >= 15 is 0 Å². The molecule has 0 atom stereocenters. The lowest BCUT2D eigenvalue weighted by Gasteiger charge is -2.06. The van der Waals surface area contributed by atoms with E-state index in [0.29, 0.717) is 27.3 Å². The van der Waals surface area contributed by atoms with Gasteiger partial charge in [-0.3, -0.25) is 0 Å². The normalized spacial score (nSPS) is 11.2. The summed E-state index contributed by atoms with van der Waals surface area (Å²) in [4.78, 5) is 11.9. The zero-order chi connectivity index (χ0) is 19.0. The molecule has 0 unspecified atom stereocenters. The lowest BCUT2D eigenvalue weighted by molar-refractivity contribution is 0.559. The lowest BCUT2D eigenvalue weighted by atomic mass is 10.1. The second kappa shape index (κ2) is 7.09. The minimum Gasteiger partial charge on any atom is -0.423 e. The van der Waals surface area contributed by atoms with Crippen LogP contribution in [0.1, 0.15) is 11.1 Å². The van der Waals surface area contributed by atoms with E-state index in [0.717, 1.165) is 22.1 Å². The van der Waals surface area contributed by atoms with Crippen LogP contribution >= 0.6 is 23.4 Å². The first-order valence-electron chi connectivity index (χ1n) is 8.14. The quantitative estimate of drug-likeness (QED) is 0.317. The SMILES string of the molecule is Cc1ccc2c(CSc3nnc(-c4cccc(Cl)c4)n3N)cc(=O)oc2c1. The third-order valence-corrected chi connectivity index (χ3v) is 5.32. The molecule has 8 heteroatoms. The Morgan fingerprint density at radius 3 is 2.85 bits per heavy atom. The average molecular weight is 399 g/mol. The Morgan fingerprint density at radius 1 is 1.19 bits per heavy atom. The van der Waals surface area contributed by atoms with Crippen LogP contribution in [0.4, 0.5) is 0 Å². The van der Waals surface area contributed by atoms with Crippen molar-refractivity contribution in [1.29, 1.82) is 0 Å². The minimum absolute atomic E-state index is 0.377. The lowest BCUT2D eigenvalue weighted by Crippen LogP contribution is -2.11. The van der Waals surface area contributed by atoms with Gasteiger partial charge < -0.3 is 10.3 Å². The number of hydrogen-bond donors (Lipinski definition) is 1. The highest BCUT2D eigenvalue weighted by atomic mass is 35.5. The van der Waals surface area contributed by atoms with E-state index in [-0.39, 0.29) is 5.63 Å². The number of nitrogens with zero attached hydrogens (tertiary/aromatic N) is 3.